The number of hydrogen-bond donors (Lipinski definition) is 2. The van der Waals surface area contributed by atoms with Gasteiger partial charge in [-0.15, -0.1) is 0 Å². The highest BCUT2D eigenvalue weighted by molar-refractivity contribution is 5.51. The van der Waals surface area contributed by atoms with Crippen LogP contribution < -0.4 is 10.5 Å². The van der Waals surface area contributed by atoms with Gasteiger partial charge in [-0.2, -0.15) is 0 Å². The Bertz CT molecular complexity index is 490. The van der Waals surface area contributed by atoms with Crippen molar-refractivity contribution in [2.45, 2.75) is 45.6 Å². The minimum absolute atomic E-state index is 0.362. The number of aliphatic hydroxyl groups excluding tert-OH is 1. The van der Waals surface area contributed by atoms with Crippen LogP contribution in [0, 0.1) is 5.92 Å². The number of carbonyl (C=O) groups is 1. The predicted molar refractivity (Wildman–Crippen MR) is 80.7 cm³/mol. The minimum atomic E-state index is -0.733. The third kappa shape index (κ3) is 3.95. The van der Waals surface area contributed by atoms with E-state index in [0.717, 1.165) is 24.0 Å². The molecule has 0 aromatic heterocycles. The number of ether oxygens (including phenoxy) is 1. The molecule has 0 bridgehead atoms. The van der Waals surface area contributed by atoms with Gasteiger partial charge in [-0.25, -0.2) is 0 Å². The van der Waals surface area contributed by atoms with E-state index in [9.17, 15) is 9.90 Å². The molecule has 3 N–H and O–H groups in total. The van der Waals surface area contributed by atoms with Crippen molar-refractivity contribution in [1.82, 2.24) is 4.90 Å². The first-order chi connectivity index (χ1) is 10.0. The molecule has 21 heavy (non-hydrogen) atoms. The van der Waals surface area contributed by atoms with E-state index < -0.39 is 12.3 Å². The van der Waals surface area contributed by atoms with E-state index in [-0.39, 0.29) is 0 Å². The van der Waals surface area contributed by atoms with Gasteiger partial charge in [0.05, 0.1) is 0 Å². The molecule has 1 aliphatic rings. The summed E-state index contributed by atoms with van der Waals surface area (Å²) in [7, 11) is 0. The SMILES string of the molecule is CC(C)CC(O)C(N)Oc1cccc2c1CCN(C=O)C2. The van der Waals surface area contributed by atoms with Crippen LogP contribution >= 0.6 is 0 Å². The van der Waals surface area contributed by atoms with Gasteiger partial charge in [0.2, 0.25) is 6.41 Å². The van der Waals surface area contributed by atoms with Crippen LogP contribution in [0.2, 0.25) is 0 Å². The molecule has 116 valence electrons. The number of carbonyl (C=O) groups excluding carboxylic acids is 1. The van der Waals surface area contributed by atoms with Crippen LogP contribution in [0.25, 0.3) is 0 Å². The molecule has 5 nitrogen and oxygen atoms in total. The zero-order valence-electron chi connectivity index (χ0n) is 12.7. The summed E-state index contributed by atoms with van der Waals surface area (Å²) in [5.74, 6) is 1.08. The number of rotatable bonds is 6. The van der Waals surface area contributed by atoms with Gasteiger partial charge in [0, 0.05) is 18.7 Å². The van der Waals surface area contributed by atoms with Crippen molar-refractivity contribution in [2.75, 3.05) is 6.54 Å². The number of benzene rings is 1. The second kappa shape index (κ2) is 6.91. The highest BCUT2D eigenvalue weighted by Gasteiger charge is 2.22. The summed E-state index contributed by atoms with van der Waals surface area (Å²) < 4.78 is 5.77. The van der Waals surface area contributed by atoms with Crippen molar-refractivity contribution >= 4 is 6.41 Å². The van der Waals surface area contributed by atoms with Crippen molar-refractivity contribution in [3.63, 3.8) is 0 Å². The molecule has 0 aliphatic carbocycles. The van der Waals surface area contributed by atoms with Crippen molar-refractivity contribution in [2.24, 2.45) is 11.7 Å². The van der Waals surface area contributed by atoms with Gasteiger partial charge in [-0.05, 0) is 30.4 Å². The number of fused-ring (bicyclic) bond motifs is 1. The maximum absolute atomic E-state index is 10.9. The average molecular weight is 292 g/mol. The third-order valence-corrected chi connectivity index (χ3v) is 3.76. The van der Waals surface area contributed by atoms with E-state index in [2.05, 4.69) is 0 Å². The van der Waals surface area contributed by atoms with Crippen LogP contribution in [-0.2, 0) is 17.8 Å². The Hall–Kier alpha value is -1.59. The maximum Gasteiger partial charge on any atom is 0.210 e. The molecule has 1 aromatic carbocycles. The van der Waals surface area contributed by atoms with Gasteiger partial charge in [-0.1, -0.05) is 26.0 Å². The summed E-state index contributed by atoms with van der Waals surface area (Å²) >= 11 is 0. The normalized spacial score (nSPS) is 17.3. The first-order valence-electron chi connectivity index (χ1n) is 7.41. The highest BCUT2D eigenvalue weighted by atomic mass is 16.5. The van der Waals surface area contributed by atoms with E-state index in [1.54, 1.807) is 4.90 Å². The molecular formula is C16H24N2O3. The van der Waals surface area contributed by atoms with Crippen LogP contribution in [0.4, 0.5) is 0 Å². The fourth-order valence-electron chi connectivity index (χ4n) is 2.64. The lowest BCUT2D eigenvalue weighted by atomic mass is 9.99. The largest absolute Gasteiger partial charge is 0.473 e. The lowest BCUT2D eigenvalue weighted by Gasteiger charge is -2.28. The summed E-state index contributed by atoms with van der Waals surface area (Å²) in [5.41, 5.74) is 8.11. The average Bonchev–Trinajstić information content (AvgIpc) is 2.46. The van der Waals surface area contributed by atoms with E-state index in [0.29, 0.717) is 31.2 Å². The maximum atomic E-state index is 10.9. The lowest BCUT2D eigenvalue weighted by molar-refractivity contribution is -0.118. The molecule has 1 aliphatic heterocycles. The second-order valence-electron chi connectivity index (χ2n) is 6.00. The quantitative estimate of drug-likeness (QED) is 0.611. The summed E-state index contributed by atoms with van der Waals surface area (Å²) in [5, 5.41) is 10.0. The summed E-state index contributed by atoms with van der Waals surface area (Å²) in [4.78, 5) is 12.6. The van der Waals surface area contributed by atoms with E-state index in [1.165, 1.54) is 0 Å². The number of nitrogens with zero attached hydrogens (tertiary/aromatic N) is 1. The lowest BCUT2D eigenvalue weighted by Crippen LogP contribution is -2.41. The fraction of sp³-hybridized carbons (Fsp3) is 0.562. The molecule has 0 radical (unpaired) electrons. The van der Waals surface area contributed by atoms with Gasteiger partial charge in [0.1, 0.15) is 11.9 Å². The first-order valence-corrected chi connectivity index (χ1v) is 7.41. The Kier molecular flexibility index (Phi) is 5.20. The van der Waals surface area contributed by atoms with E-state index in [1.807, 2.05) is 32.0 Å². The molecule has 0 saturated heterocycles. The van der Waals surface area contributed by atoms with Crippen LogP contribution in [-0.4, -0.2) is 35.3 Å². The number of amides is 1. The number of nitrogens with two attached hydrogens (primary N) is 1. The molecule has 1 heterocycles. The molecule has 1 amide bonds. The molecule has 2 unspecified atom stereocenters. The van der Waals surface area contributed by atoms with Gasteiger partial charge in [-0.3, -0.25) is 10.5 Å². The highest BCUT2D eigenvalue weighted by Crippen LogP contribution is 2.28. The Morgan fingerprint density at radius 1 is 1.48 bits per heavy atom. The smallest absolute Gasteiger partial charge is 0.210 e. The molecule has 2 atom stereocenters. The van der Waals surface area contributed by atoms with Gasteiger partial charge >= 0.3 is 0 Å². The Balaban J connectivity index is 2.09. The molecule has 0 spiro atoms. The molecule has 2 rings (SSSR count). The standard InChI is InChI=1S/C16H24N2O3/c1-11(2)8-14(20)16(17)21-15-5-3-4-12-9-18(10-19)7-6-13(12)15/h3-5,10-11,14,16,20H,6-9,17H2,1-2H3. The minimum Gasteiger partial charge on any atom is -0.473 e. The number of hydrogen-bond acceptors (Lipinski definition) is 4. The van der Waals surface area contributed by atoms with E-state index >= 15 is 0 Å². The van der Waals surface area contributed by atoms with E-state index in [4.69, 9.17) is 10.5 Å². The monoisotopic (exact) mass is 292 g/mol. The van der Waals surface area contributed by atoms with Crippen molar-refractivity contribution in [3.05, 3.63) is 29.3 Å². The summed E-state index contributed by atoms with van der Waals surface area (Å²) in [6.45, 7) is 5.35. The Labute approximate surface area is 125 Å². The first kappa shape index (κ1) is 15.8. The van der Waals surface area contributed by atoms with Gasteiger partial charge in [0.15, 0.2) is 6.23 Å². The number of aliphatic hydroxyl groups is 1. The second-order valence-corrected chi connectivity index (χ2v) is 6.00. The third-order valence-electron chi connectivity index (χ3n) is 3.76. The molecule has 5 heteroatoms. The van der Waals surface area contributed by atoms with Gasteiger partial charge < -0.3 is 14.7 Å². The Morgan fingerprint density at radius 2 is 2.24 bits per heavy atom. The molecule has 0 fully saturated rings. The zero-order chi connectivity index (χ0) is 15.4. The van der Waals surface area contributed by atoms with Crippen LogP contribution in [0.15, 0.2) is 18.2 Å². The summed E-state index contributed by atoms with van der Waals surface area (Å²) in [6.07, 6.45) is 0.805. The van der Waals surface area contributed by atoms with Crippen LogP contribution in [0.5, 0.6) is 5.75 Å². The molecule has 1 aromatic rings. The molecule has 0 saturated carbocycles. The zero-order valence-corrected chi connectivity index (χ0v) is 12.7. The van der Waals surface area contributed by atoms with Gasteiger partial charge in [0.25, 0.3) is 0 Å². The van der Waals surface area contributed by atoms with Crippen LogP contribution in [0.1, 0.15) is 31.4 Å². The topological polar surface area (TPSA) is 75.8 Å². The predicted octanol–water partition coefficient (Wildman–Crippen LogP) is 1.27. The van der Waals surface area contributed by atoms with Crippen LogP contribution in [0.3, 0.4) is 0 Å². The fourth-order valence-corrected chi connectivity index (χ4v) is 2.64. The Morgan fingerprint density at radius 3 is 2.90 bits per heavy atom. The van der Waals surface area contributed by atoms with Crippen molar-refractivity contribution in [1.29, 1.82) is 0 Å². The van der Waals surface area contributed by atoms with Crippen molar-refractivity contribution in [3.8, 4) is 5.75 Å². The summed E-state index contributed by atoms with van der Waals surface area (Å²) in [6, 6.07) is 5.76. The molecular weight excluding hydrogens is 268 g/mol. The van der Waals surface area contributed by atoms with Crippen molar-refractivity contribution < 1.29 is 14.6 Å².